The number of amides is 1. The predicted octanol–water partition coefficient (Wildman–Crippen LogP) is 1.86. The third-order valence-electron chi connectivity index (χ3n) is 3.52. The van der Waals surface area contributed by atoms with Crippen molar-refractivity contribution < 1.29 is 14.3 Å². The van der Waals surface area contributed by atoms with Crippen molar-refractivity contribution in [2.24, 2.45) is 11.5 Å². The van der Waals surface area contributed by atoms with Crippen molar-refractivity contribution >= 4 is 34.4 Å². The van der Waals surface area contributed by atoms with Gasteiger partial charge in [-0.25, -0.2) is 9.78 Å². The number of aromatic nitrogens is 1. The SMILES string of the molecule is N=C(N)Nc1ccc(C(=O)Oc2ccc3nc(C(N)=O)ccc3c2)cc1. The number of esters is 1. The van der Waals surface area contributed by atoms with Crippen LogP contribution in [0.2, 0.25) is 0 Å². The molecule has 3 aromatic rings. The Hall–Kier alpha value is -3.94. The Kier molecular flexibility index (Phi) is 4.48. The fourth-order valence-corrected chi connectivity index (χ4v) is 2.32. The van der Waals surface area contributed by atoms with E-state index in [4.69, 9.17) is 21.6 Å². The van der Waals surface area contributed by atoms with Gasteiger partial charge in [-0.15, -0.1) is 0 Å². The minimum Gasteiger partial charge on any atom is -0.423 e. The van der Waals surface area contributed by atoms with Crippen LogP contribution in [-0.4, -0.2) is 22.8 Å². The number of ether oxygens (including phenoxy) is 1. The van der Waals surface area contributed by atoms with Crippen LogP contribution < -0.4 is 21.5 Å². The highest BCUT2D eigenvalue weighted by Gasteiger charge is 2.10. The van der Waals surface area contributed by atoms with E-state index in [9.17, 15) is 9.59 Å². The van der Waals surface area contributed by atoms with Crippen LogP contribution in [0.4, 0.5) is 5.69 Å². The largest absolute Gasteiger partial charge is 0.423 e. The quantitative estimate of drug-likeness (QED) is 0.245. The minimum atomic E-state index is -0.606. The molecule has 0 aliphatic rings. The van der Waals surface area contributed by atoms with Crippen molar-refractivity contribution in [1.82, 2.24) is 4.98 Å². The number of guanidine groups is 1. The number of nitrogens with one attached hydrogen (secondary N) is 2. The van der Waals surface area contributed by atoms with Gasteiger partial charge in [0.1, 0.15) is 11.4 Å². The molecule has 0 atom stereocenters. The number of hydrogen-bond donors (Lipinski definition) is 4. The molecule has 1 heterocycles. The predicted molar refractivity (Wildman–Crippen MR) is 97.2 cm³/mol. The van der Waals surface area contributed by atoms with E-state index in [1.807, 2.05) is 0 Å². The zero-order valence-corrected chi connectivity index (χ0v) is 13.5. The number of nitrogens with zero attached hydrogens (tertiary/aromatic N) is 1. The number of primary amides is 1. The molecule has 8 heteroatoms. The summed E-state index contributed by atoms with van der Waals surface area (Å²) in [4.78, 5) is 27.5. The molecule has 3 rings (SSSR count). The van der Waals surface area contributed by atoms with Gasteiger partial charge < -0.3 is 21.5 Å². The minimum absolute atomic E-state index is 0.168. The van der Waals surface area contributed by atoms with Crippen molar-refractivity contribution in [3.63, 3.8) is 0 Å². The summed E-state index contributed by atoms with van der Waals surface area (Å²) in [6.07, 6.45) is 0. The molecule has 0 aliphatic carbocycles. The molecular weight excluding hydrogens is 334 g/mol. The number of benzene rings is 2. The maximum atomic E-state index is 12.2. The van der Waals surface area contributed by atoms with Crippen molar-refractivity contribution in [1.29, 1.82) is 5.41 Å². The second kappa shape index (κ2) is 6.89. The molecular formula is C18H15N5O3. The number of nitrogens with two attached hydrogens (primary N) is 2. The number of carbonyl (C=O) groups is 2. The number of rotatable bonds is 4. The first-order valence-electron chi connectivity index (χ1n) is 7.56. The molecule has 0 saturated carbocycles. The number of hydrogen-bond acceptors (Lipinski definition) is 5. The molecule has 0 bridgehead atoms. The normalized spacial score (nSPS) is 10.3. The van der Waals surface area contributed by atoms with Gasteiger partial charge in [-0.1, -0.05) is 6.07 Å². The molecule has 2 aromatic carbocycles. The van der Waals surface area contributed by atoms with Crippen molar-refractivity contribution in [3.05, 3.63) is 65.9 Å². The summed E-state index contributed by atoms with van der Waals surface area (Å²) < 4.78 is 5.36. The number of carbonyl (C=O) groups excluding carboxylic acids is 2. The first-order chi connectivity index (χ1) is 12.4. The van der Waals surface area contributed by atoms with Gasteiger partial charge in [0, 0.05) is 11.1 Å². The third kappa shape index (κ3) is 3.75. The fourth-order valence-electron chi connectivity index (χ4n) is 2.32. The molecule has 0 saturated heterocycles. The molecule has 26 heavy (non-hydrogen) atoms. The molecule has 1 aromatic heterocycles. The summed E-state index contributed by atoms with van der Waals surface area (Å²) in [5, 5.41) is 10.5. The van der Waals surface area contributed by atoms with E-state index < -0.39 is 11.9 Å². The highest BCUT2D eigenvalue weighted by Crippen LogP contribution is 2.21. The molecule has 1 amide bonds. The Labute approximate surface area is 148 Å². The molecule has 6 N–H and O–H groups in total. The average molecular weight is 349 g/mol. The van der Waals surface area contributed by atoms with Crippen LogP contribution in [0.1, 0.15) is 20.8 Å². The first-order valence-corrected chi connectivity index (χ1v) is 7.56. The summed E-state index contributed by atoms with van der Waals surface area (Å²) in [6.45, 7) is 0. The van der Waals surface area contributed by atoms with Gasteiger partial charge in [-0.05, 0) is 48.5 Å². The van der Waals surface area contributed by atoms with E-state index >= 15 is 0 Å². The van der Waals surface area contributed by atoms with Crippen LogP contribution in [0.15, 0.2) is 54.6 Å². The molecule has 8 nitrogen and oxygen atoms in total. The standard InChI is InChI=1S/C18H15N5O3/c19-16(24)15-7-3-11-9-13(6-8-14(11)23-15)26-17(25)10-1-4-12(5-2-10)22-18(20)21/h1-9H,(H2,19,24)(H4,20,21,22). The van der Waals surface area contributed by atoms with E-state index in [2.05, 4.69) is 10.3 Å². The van der Waals surface area contributed by atoms with Gasteiger partial charge in [-0.2, -0.15) is 0 Å². The second-order valence-electron chi connectivity index (χ2n) is 5.42. The Morgan fingerprint density at radius 3 is 2.38 bits per heavy atom. The molecule has 0 fully saturated rings. The lowest BCUT2D eigenvalue weighted by Gasteiger charge is -2.07. The van der Waals surface area contributed by atoms with Crippen LogP contribution in [0, 0.1) is 5.41 Å². The van der Waals surface area contributed by atoms with Gasteiger partial charge in [-0.3, -0.25) is 10.2 Å². The van der Waals surface area contributed by atoms with Gasteiger partial charge in [0.15, 0.2) is 5.96 Å². The molecule has 0 radical (unpaired) electrons. The van der Waals surface area contributed by atoms with E-state index in [-0.39, 0.29) is 11.7 Å². The maximum absolute atomic E-state index is 12.2. The van der Waals surface area contributed by atoms with Crippen LogP contribution in [0.25, 0.3) is 10.9 Å². The summed E-state index contributed by atoms with van der Waals surface area (Å²) in [5.74, 6) is -0.975. The number of pyridine rings is 1. The van der Waals surface area contributed by atoms with Crippen LogP contribution >= 0.6 is 0 Å². The Bertz CT molecular complexity index is 1020. The number of anilines is 1. The fraction of sp³-hybridized carbons (Fsp3) is 0. The summed E-state index contributed by atoms with van der Waals surface area (Å²) in [7, 11) is 0. The topological polar surface area (TPSA) is 144 Å². The Morgan fingerprint density at radius 2 is 1.73 bits per heavy atom. The van der Waals surface area contributed by atoms with E-state index in [1.165, 1.54) is 6.07 Å². The number of fused-ring (bicyclic) bond motifs is 1. The second-order valence-corrected chi connectivity index (χ2v) is 5.42. The average Bonchev–Trinajstić information content (AvgIpc) is 2.61. The van der Waals surface area contributed by atoms with Crippen LogP contribution in [0.5, 0.6) is 5.75 Å². The maximum Gasteiger partial charge on any atom is 0.343 e. The van der Waals surface area contributed by atoms with Crippen LogP contribution in [-0.2, 0) is 0 Å². The van der Waals surface area contributed by atoms with E-state index in [1.54, 1.807) is 48.5 Å². The smallest absolute Gasteiger partial charge is 0.343 e. The summed E-state index contributed by atoms with van der Waals surface area (Å²) in [6, 6.07) is 14.4. The van der Waals surface area contributed by atoms with Crippen molar-refractivity contribution in [3.8, 4) is 5.75 Å². The highest BCUT2D eigenvalue weighted by atomic mass is 16.5. The molecule has 0 unspecified atom stereocenters. The first kappa shape index (κ1) is 16.9. The van der Waals surface area contributed by atoms with Crippen LogP contribution in [0.3, 0.4) is 0 Å². The monoisotopic (exact) mass is 349 g/mol. The Balaban J connectivity index is 1.77. The summed E-state index contributed by atoms with van der Waals surface area (Å²) in [5.41, 5.74) is 12.1. The molecule has 0 spiro atoms. The van der Waals surface area contributed by atoms with E-state index in [0.29, 0.717) is 27.9 Å². The molecule has 130 valence electrons. The lowest BCUT2D eigenvalue weighted by Crippen LogP contribution is -2.20. The van der Waals surface area contributed by atoms with Crippen molar-refractivity contribution in [2.45, 2.75) is 0 Å². The lowest BCUT2D eigenvalue weighted by atomic mass is 10.2. The summed E-state index contributed by atoms with van der Waals surface area (Å²) >= 11 is 0. The Morgan fingerprint density at radius 1 is 1.00 bits per heavy atom. The lowest BCUT2D eigenvalue weighted by molar-refractivity contribution is 0.0735. The van der Waals surface area contributed by atoms with Gasteiger partial charge in [0.25, 0.3) is 5.91 Å². The van der Waals surface area contributed by atoms with Gasteiger partial charge >= 0.3 is 5.97 Å². The van der Waals surface area contributed by atoms with Crippen molar-refractivity contribution in [2.75, 3.05) is 5.32 Å². The van der Waals surface area contributed by atoms with E-state index in [0.717, 1.165) is 0 Å². The zero-order valence-electron chi connectivity index (χ0n) is 13.5. The van der Waals surface area contributed by atoms with Gasteiger partial charge in [0.2, 0.25) is 0 Å². The third-order valence-corrected chi connectivity index (χ3v) is 3.52. The zero-order chi connectivity index (χ0) is 18.7. The highest BCUT2D eigenvalue weighted by molar-refractivity contribution is 5.95. The molecule has 0 aliphatic heterocycles. The van der Waals surface area contributed by atoms with Gasteiger partial charge in [0.05, 0.1) is 11.1 Å².